The number of anilines is 2. The normalized spacial score (nSPS) is 19.1. The minimum absolute atomic E-state index is 0.253. The maximum absolute atomic E-state index is 5.94. The lowest BCUT2D eigenvalue weighted by Gasteiger charge is -2.11. The van der Waals surface area contributed by atoms with Crippen LogP contribution in [0.3, 0.4) is 0 Å². The highest BCUT2D eigenvalue weighted by Crippen LogP contribution is 2.22. The van der Waals surface area contributed by atoms with E-state index >= 15 is 0 Å². The zero-order chi connectivity index (χ0) is 12.8. The van der Waals surface area contributed by atoms with Gasteiger partial charge in [-0.3, -0.25) is 0 Å². The summed E-state index contributed by atoms with van der Waals surface area (Å²) < 4.78 is 11.0. The van der Waals surface area contributed by atoms with Crippen molar-refractivity contribution in [1.82, 2.24) is 9.97 Å². The molecule has 1 atom stereocenters. The van der Waals surface area contributed by atoms with Crippen LogP contribution in [0.5, 0.6) is 0 Å². The summed E-state index contributed by atoms with van der Waals surface area (Å²) in [6.07, 6.45) is 3.84. The van der Waals surface area contributed by atoms with Crippen LogP contribution in [-0.2, 0) is 9.47 Å². The molecule has 0 saturated carbocycles. The van der Waals surface area contributed by atoms with Crippen molar-refractivity contribution in [3.8, 4) is 0 Å². The summed E-state index contributed by atoms with van der Waals surface area (Å²) in [4.78, 5) is 7.78. The Balaban J connectivity index is 1.64. The standard InChI is InChI=1S/C11H17ClN4O2/c12-9-10(13)15-7-16-11(9)14-3-5-17-6-8-2-1-4-18-8/h7-8H,1-6H2,(H3,13,14,15,16)/t8-/m0/s1. The fraction of sp³-hybridized carbons (Fsp3) is 0.636. The number of hydrogen-bond acceptors (Lipinski definition) is 6. The van der Waals surface area contributed by atoms with Gasteiger partial charge in [0, 0.05) is 13.2 Å². The van der Waals surface area contributed by atoms with Crippen LogP contribution in [0, 0.1) is 0 Å². The van der Waals surface area contributed by atoms with Crippen LogP contribution < -0.4 is 11.1 Å². The van der Waals surface area contributed by atoms with Crippen molar-refractivity contribution in [2.45, 2.75) is 18.9 Å². The van der Waals surface area contributed by atoms with Crippen molar-refractivity contribution in [2.24, 2.45) is 0 Å². The van der Waals surface area contributed by atoms with Gasteiger partial charge < -0.3 is 20.5 Å². The Morgan fingerprint density at radius 3 is 3.22 bits per heavy atom. The largest absolute Gasteiger partial charge is 0.382 e. The summed E-state index contributed by atoms with van der Waals surface area (Å²) in [5.41, 5.74) is 5.56. The molecule has 1 saturated heterocycles. The second-order valence-corrected chi connectivity index (χ2v) is 4.44. The van der Waals surface area contributed by atoms with Gasteiger partial charge in [-0.25, -0.2) is 9.97 Å². The zero-order valence-corrected chi connectivity index (χ0v) is 10.8. The first-order chi connectivity index (χ1) is 8.77. The molecule has 2 rings (SSSR count). The van der Waals surface area contributed by atoms with Crippen LogP contribution in [0.25, 0.3) is 0 Å². The summed E-state index contributed by atoms with van der Waals surface area (Å²) in [7, 11) is 0. The van der Waals surface area contributed by atoms with E-state index in [4.69, 9.17) is 26.8 Å². The van der Waals surface area contributed by atoms with Gasteiger partial charge in [0.2, 0.25) is 0 Å². The highest BCUT2D eigenvalue weighted by molar-refractivity contribution is 6.35. The molecule has 0 aliphatic carbocycles. The Kier molecular flexibility index (Phi) is 4.98. The average molecular weight is 273 g/mol. The van der Waals surface area contributed by atoms with Crippen molar-refractivity contribution in [3.05, 3.63) is 11.3 Å². The Morgan fingerprint density at radius 1 is 1.56 bits per heavy atom. The third-order valence-electron chi connectivity index (χ3n) is 2.68. The van der Waals surface area contributed by atoms with Gasteiger partial charge in [-0.2, -0.15) is 0 Å². The fourth-order valence-electron chi connectivity index (χ4n) is 1.74. The predicted molar refractivity (Wildman–Crippen MR) is 69.7 cm³/mol. The van der Waals surface area contributed by atoms with E-state index in [1.807, 2.05) is 0 Å². The summed E-state index contributed by atoms with van der Waals surface area (Å²) in [6.45, 7) is 2.67. The first-order valence-corrected chi connectivity index (χ1v) is 6.34. The Hall–Kier alpha value is -1.11. The molecule has 6 nitrogen and oxygen atoms in total. The lowest BCUT2D eigenvalue weighted by molar-refractivity contribution is 0.0206. The van der Waals surface area contributed by atoms with Crippen LogP contribution in [-0.4, -0.2) is 42.4 Å². The molecule has 0 radical (unpaired) electrons. The third kappa shape index (κ3) is 3.69. The first kappa shape index (κ1) is 13.3. The Labute approximate surface area is 111 Å². The second-order valence-electron chi connectivity index (χ2n) is 4.06. The number of nitrogen functional groups attached to an aromatic ring is 1. The van der Waals surface area contributed by atoms with Crippen LogP contribution in [0.4, 0.5) is 11.6 Å². The van der Waals surface area contributed by atoms with E-state index in [9.17, 15) is 0 Å². The van der Waals surface area contributed by atoms with E-state index in [2.05, 4.69) is 15.3 Å². The number of aromatic nitrogens is 2. The first-order valence-electron chi connectivity index (χ1n) is 5.96. The number of ether oxygens (including phenoxy) is 2. The molecule has 7 heteroatoms. The molecule has 1 fully saturated rings. The van der Waals surface area contributed by atoms with E-state index in [1.54, 1.807) is 0 Å². The Bertz CT molecular complexity index is 385. The Morgan fingerprint density at radius 2 is 2.44 bits per heavy atom. The van der Waals surface area contributed by atoms with Crippen LogP contribution >= 0.6 is 11.6 Å². The minimum Gasteiger partial charge on any atom is -0.382 e. The van der Waals surface area contributed by atoms with Crippen molar-refractivity contribution < 1.29 is 9.47 Å². The number of nitrogens with two attached hydrogens (primary N) is 1. The molecule has 2 heterocycles. The second kappa shape index (κ2) is 6.72. The van der Waals surface area contributed by atoms with E-state index in [-0.39, 0.29) is 11.9 Å². The molecule has 100 valence electrons. The number of nitrogens with one attached hydrogen (secondary N) is 1. The summed E-state index contributed by atoms with van der Waals surface area (Å²) in [5.74, 6) is 0.805. The molecule has 1 aliphatic heterocycles. The van der Waals surface area contributed by atoms with Gasteiger partial charge in [-0.1, -0.05) is 11.6 Å². The average Bonchev–Trinajstić information content (AvgIpc) is 2.87. The van der Waals surface area contributed by atoms with Gasteiger partial charge in [-0.15, -0.1) is 0 Å². The fourth-order valence-corrected chi connectivity index (χ4v) is 1.90. The molecule has 0 bridgehead atoms. The zero-order valence-electron chi connectivity index (χ0n) is 10.1. The van der Waals surface area contributed by atoms with E-state index in [0.29, 0.717) is 30.6 Å². The van der Waals surface area contributed by atoms with Crippen LogP contribution in [0.15, 0.2) is 6.33 Å². The van der Waals surface area contributed by atoms with E-state index in [0.717, 1.165) is 19.4 Å². The van der Waals surface area contributed by atoms with Crippen molar-refractivity contribution in [3.63, 3.8) is 0 Å². The SMILES string of the molecule is Nc1ncnc(NCCOC[C@@H]2CCCO2)c1Cl. The van der Waals surface area contributed by atoms with E-state index in [1.165, 1.54) is 6.33 Å². The van der Waals surface area contributed by atoms with Gasteiger partial charge in [0.05, 0.1) is 19.3 Å². The van der Waals surface area contributed by atoms with Gasteiger partial charge in [-0.05, 0) is 12.8 Å². The molecule has 1 aliphatic rings. The number of rotatable bonds is 6. The maximum atomic E-state index is 5.94. The van der Waals surface area contributed by atoms with Gasteiger partial charge in [0.25, 0.3) is 0 Å². The van der Waals surface area contributed by atoms with Gasteiger partial charge in [0.1, 0.15) is 17.2 Å². The molecule has 18 heavy (non-hydrogen) atoms. The number of hydrogen-bond donors (Lipinski definition) is 2. The molecule has 1 aromatic heterocycles. The molecule has 1 aromatic rings. The maximum Gasteiger partial charge on any atom is 0.150 e. The highest BCUT2D eigenvalue weighted by Gasteiger charge is 2.15. The lowest BCUT2D eigenvalue weighted by atomic mass is 10.2. The molecular formula is C11H17ClN4O2. The third-order valence-corrected chi connectivity index (χ3v) is 3.06. The molecule has 0 spiro atoms. The minimum atomic E-state index is 0.253. The highest BCUT2D eigenvalue weighted by atomic mass is 35.5. The lowest BCUT2D eigenvalue weighted by Crippen LogP contribution is -2.18. The van der Waals surface area contributed by atoms with E-state index < -0.39 is 0 Å². The number of halogens is 1. The molecule has 0 amide bonds. The molecule has 0 unspecified atom stereocenters. The molecule has 3 N–H and O–H groups in total. The van der Waals surface area contributed by atoms with Gasteiger partial charge in [0.15, 0.2) is 5.82 Å². The molecular weight excluding hydrogens is 256 g/mol. The summed E-state index contributed by atoms with van der Waals surface area (Å²) in [5, 5.41) is 3.39. The van der Waals surface area contributed by atoms with Crippen molar-refractivity contribution >= 4 is 23.2 Å². The smallest absolute Gasteiger partial charge is 0.150 e. The molecule has 0 aromatic carbocycles. The van der Waals surface area contributed by atoms with Crippen LogP contribution in [0.2, 0.25) is 5.02 Å². The van der Waals surface area contributed by atoms with Gasteiger partial charge >= 0.3 is 0 Å². The summed E-state index contributed by atoms with van der Waals surface area (Å²) in [6, 6.07) is 0. The van der Waals surface area contributed by atoms with Crippen molar-refractivity contribution in [2.75, 3.05) is 37.4 Å². The quantitative estimate of drug-likeness (QED) is 0.760. The number of nitrogens with zero attached hydrogens (tertiary/aromatic N) is 2. The topological polar surface area (TPSA) is 82.3 Å². The van der Waals surface area contributed by atoms with Crippen molar-refractivity contribution in [1.29, 1.82) is 0 Å². The van der Waals surface area contributed by atoms with Crippen LogP contribution in [0.1, 0.15) is 12.8 Å². The predicted octanol–water partition coefficient (Wildman–Crippen LogP) is 1.32. The monoisotopic (exact) mass is 272 g/mol. The summed E-state index contributed by atoms with van der Waals surface area (Å²) >= 11 is 5.94.